The first-order valence-corrected chi connectivity index (χ1v) is 3.49. The summed E-state index contributed by atoms with van der Waals surface area (Å²) >= 11 is 0. The van der Waals surface area contributed by atoms with E-state index in [2.05, 4.69) is 0 Å². The van der Waals surface area contributed by atoms with Crippen LogP contribution >= 0.6 is 37.2 Å². The lowest BCUT2D eigenvalue weighted by Gasteiger charge is -2.37. The molecule has 0 heterocycles. The van der Waals surface area contributed by atoms with Crippen LogP contribution in [0, 0.1) is 0 Å². The van der Waals surface area contributed by atoms with Gasteiger partial charge >= 0.3 is 0 Å². The molecule has 0 aromatic carbocycles. The number of rotatable bonds is 2. The Morgan fingerprint density at radius 2 is 0.923 bits per heavy atom. The van der Waals surface area contributed by atoms with Crippen molar-refractivity contribution in [1.29, 1.82) is 0 Å². The zero-order chi connectivity index (χ0) is 8.58. The van der Waals surface area contributed by atoms with Gasteiger partial charge in [0.2, 0.25) is 0 Å². The van der Waals surface area contributed by atoms with Crippen LogP contribution in [0.2, 0.25) is 0 Å². The molecule has 0 bridgehead atoms. The van der Waals surface area contributed by atoms with E-state index in [1.807, 2.05) is 27.7 Å². The molecule has 0 aromatic rings. The van der Waals surface area contributed by atoms with E-state index in [1.165, 1.54) is 0 Å². The third-order valence-electron chi connectivity index (χ3n) is 1.60. The Bertz CT molecular complexity index is 103. The molecule has 0 aliphatic heterocycles. The third-order valence-corrected chi connectivity index (χ3v) is 1.60. The van der Waals surface area contributed by atoms with E-state index in [9.17, 15) is 0 Å². The van der Waals surface area contributed by atoms with Crippen molar-refractivity contribution in [3.8, 4) is 0 Å². The molecule has 3 nitrogen and oxygen atoms in total. The van der Waals surface area contributed by atoms with Crippen LogP contribution in [0.1, 0.15) is 27.7 Å². The molecule has 0 aliphatic rings. The normalized spacial score (nSPS) is 11.1. The lowest BCUT2D eigenvalue weighted by Crippen LogP contribution is -2.64. The fraction of sp³-hybridized carbons (Fsp3) is 1.00. The second-order valence-electron chi connectivity index (χ2n) is 4.12. The predicted molar refractivity (Wildman–Crippen MR) is 66.3 cm³/mol. The summed E-state index contributed by atoms with van der Waals surface area (Å²) in [5.41, 5.74) is 16.5. The number of hydrogen-bond acceptors (Lipinski definition) is 3. The maximum absolute atomic E-state index is 5.78. The van der Waals surface area contributed by atoms with Gasteiger partial charge in [0.05, 0.1) is 0 Å². The average molecular weight is 255 g/mol. The van der Waals surface area contributed by atoms with Gasteiger partial charge < -0.3 is 17.2 Å². The largest absolute Gasteiger partial charge is 0.325 e. The van der Waals surface area contributed by atoms with E-state index in [1.54, 1.807) is 0 Å². The number of nitrogens with two attached hydrogens (primary N) is 3. The highest BCUT2D eigenvalue weighted by Crippen LogP contribution is 2.13. The molecule has 86 valence electrons. The molecule has 0 rings (SSSR count). The fourth-order valence-electron chi connectivity index (χ4n) is 0.959. The minimum Gasteiger partial charge on any atom is -0.325 e. The van der Waals surface area contributed by atoms with Gasteiger partial charge in [-0.15, -0.1) is 37.2 Å². The smallest absolute Gasteiger partial charge is 0.0393 e. The van der Waals surface area contributed by atoms with Crippen molar-refractivity contribution in [3.05, 3.63) is 0 Å². The van der Waals surface area contributed by atoms with Gasteiger partial charge in [-0.3, -0.25) is 0 Å². The van der Waals surface area contributed by atoms with Crippen LogP contribution in [-0.4, -0.2) is 17.1 Å². The minimum absolute atomic E-state index is 0. The van der Waals surface area contributed by atoms with E-state index in [4.69, 9.17) is 17.2 Å². The lowest BCUT2D eigenvalue weighted by molar-refractivity contribution is 0.290. The molecule has 6 heteroatoms. The molecule has 0 spiro atoms. The summed E-state index contributed by atoms with van der Waals surface area (Å²) in [6.07, 6.45) is 0. The first-order chi connectivity index (χ1) is 4.15. The highest BCUT2D eigenvalue weighted by molar-refractivity contribution is 5.86. The molecule has 0 unspecified atom stereocenters. The van der Waals surface area contributed by atoms with Crippen molar-refractivity contribution in [3.63, 3.8) is 0 Å². The van der Waals surface area contributed by atoms with Crippen molar-refractivity contribution < 1.29 is 0 Å². The van der Waals surface area contributed by atoms with Crippen molar-refractivity contribution in [2.24, 2.45) is 17.2 Å². The molecule has 6 N–H and O–H groups in total. The Morgan fingerprint density at radius 1 is 0.769 bits per heavy atom. The summed E-state index contributed by atoms with van der Waals surface area (Å²) in [7, 11) is 0. The average Bonchev–Trinajstić information content (AvgIpc) is 1.59. The van der Waals surface area contributed by atoms with E-state index in [-0.39, 0.29) is 43.3 Å². The van der Waals surface area contributed by atoms with Gasteiger partial charge in [0.1, 0.15) is 0 Å². The van der Waals surface area contributed by atoms with Crippen LogP contribution in [0.15, 0.2) is 0 Å². The number of hydrogen-bond donors (Lipinski definition) is 3. The van der Waals surface area contributed by atoms with Crippen molar-refractivity contribution >= 4 is 37.2 Å². The van der Waals surface area contributed by atoms with Gasteiger partial charge in [0, 0.05) is 17.1 Å². The van der Waals surface area contributed by atoms with Crippen molar-refractivity contribution in [2.45, 2.75) is 44.8 Å². The van der Waals surface area contributed by atoms with Crippen LogP contribution < -0.4 is 17.2 Å². The predicted octanol–water partition coefficient (Wildman–Crippen LogP) is 1.05. The SMILES string of the molecule is CC(C)(N)C(N)C(C)(C)N.Cl.Cl.Cl. The summed E-state index contributed by atoms with van der Waals surface area (Å²) in [5.74, 6) is 0. The summed E-state index contributed by atoms with van der Waals surface area (Å²) in [4.78, 5) is 0. The van der Waals surface area contributed by atoms with E-state index in [0.717, 1.165) is 0 Å². The molecule has 0 fully saturated rings. The minimum atomic E-state index is -0.405. The molecular weight excluding hydrogens is 232 g/mol. The molecule has 0 radical (unpaired) electrons. The Kier molecular flexibility index (Phi) is 12.8. The van der Waals surface area contributed by atoms with Crippen LogP contribution in [0.5, 0.6) is 0 Å². The highest BCUT2D eigenvalue weighted by atomic mass is 35.5. The van der Waals surface area contributed by atoms with Crippen molar-refractivity contribution in [1.82, 2.24) is 0 Å². The van der Waals surface area contributed by atoms with Gasteiger partial charge in [-0.25, -0.2) is 0 Å². The summed E-state index contributed by atoms with van der Waals surface area (Å²) < 4.78 is 0. The molecule has 0 amide bonds. The monoisotopic (exact) mass is 253 g/mol. The Labute approximate surface area is 99.4 Å². The zero-order valence-corrected chi connectivity index (χ0v) is 11.0. The molecule has 13 heavy (non-hydrogen) atoms. The number of halogens is 3. The van der Waals surface area contributed by atoms with Gasteiger partial charge in [-0.1, -0.05) is 0 Å². The van der Waals surface area contributed by atoms with Gasteiger partial charge in [-0.2, -0.15) is 0 Å². The zero-order valence-electron chi connectivity index (χ0n) is 8.53. The standard InChI is InChI=1S/C7H19N3.3ClH/c1-6(2,9)5(8)7(3,4)10;;;/h5H,8-10H2,1-4H3;3*1H. The van der Waals surface area contributed by atoms with E-state index >= 15 is 0 Å². The molecule has 0 saturated heterocycles. The second-order valence-corrected chi connectivity index (χ2v) is 4.12. The molecule has 0 aliphatic carbocycles. The van der Waals surface area contributed by atoms with Crippen LogP contribution in [0.4, 0.5) is 0 Å². The van der Waals surface area contributed by atoms with Gasteiger partial charge in [0.25, 0.3) is 0 Å². The van der Waals surface area contributed by atoms with Gasteiger partial charge in [-0.05, 0) is 27.7 Å². The Hall–Kier alpha value is 0.750. The van der Waals surface area contributed by atoms with Gasteiger partial charge in [0.15, 0.2) is 0 Å². The maximum atomic E-state index is 5.78. The maximum Gasteiger partial charge on any atom is 0.0393 e. The lowest BCUT2D eigenvalue weighted by atomic mass is 9.83. The Balaban J connectivity index is -0.000000135. The Morgan fingerprint density at radius 3 is 0.923 bits per heavy atom. The van der Waals surface area contributed by atoms with Crippen LogP contribution in [0.3, 0.4) is 0 Å². The summed E-state index contributed by atoms with van der Waals surface area (Å²) in [6, 6.07) is -0.181. The van der Waals surface area contributed by atoms with E-state index in [0.29, 0.717) is 0 Å². The second kappa shape index (κ2) is 7.10. The summed E-state index contributed by atoms with van der Waals surface area (Å²) in [6.45, 7) is 7.52. The molecule has 0 atom stereocenters. The van der Waals surface area contributed by atoms with E-state index < -0.39 is 11.1 Å². The molecule has 0 aromatic heterocycles. The fourth-order valence-corrected chi connectivity index (χ4v) is 0.959. The third kappa shape index (κ3) is 9.06. The quantitative estimate of drug-likeness (QED) is 0.689. The van der Waals surface area contributed by atoms with Crippen molar-refractivity contribution in [2.75, 3.05) is 0 Å². The topological polar surface area (TPSA) is 78.1 Å². The summed E-state index contributed by atoms with van der Waals surface area (Å²) in [5, 5.41) is 0. The first-order valence-electron chi connectivity index (χ1n) is 3.49. The molecular formula is C7H22Cl3N3. The first kappa shape index (κ1) is 23.5. The van der Waals surface area contributed by atoms with Crippen LogP contribution in [0.25, 0.3) is 0 Å². The molecule has 0 saturated carbocycles. The van der Waals surface area contributed by atoms with Crippen LogP contribution in [-0.2, 0) is 0 Å². The highest BCUT2D eigenvalue weighted by Gasteiger charge is 2.32.